The van der Waals surface area contributed by atoms with E-state index in [2.05, 4.69) is 15.6 Å². The average Bonchev–Trinajstić information content (AvgIpc) is 3.37. The largest absolute Gasteiger partial charge is 0.376 e. The highest BCUT2D eigenvalue weighted by Gasteiger charge is 2.41. The zero-order valence-corrected chi connectivity index (χ0v) is 14.4. The van der Waals surface area contributed by atoms with Crippen LogP contribution in [0.15, 0.2) is 42.7 Å². The summed E-state index contributed by atoms with van der Waals surface area (Å²) in [5.41, 5.74) is 3.92. The minimum Gasteiger partial charge on any atom is -0.376 e. The van der Waals surface area contributed by atoms with Crippen molar-refractivity contribution in [3.05, 3.63) is 48.3 Å². The van der Waals surface area contributed by atoms with Crippen molar-refractivity contribution in [2.24, 2.45) is 5.92 Å². The number of aromatic nitrogens is 1. The van der Waals surface area contributed by atoms with Crippen LogP contribution in [-0.2, 0) is 4.74 Å². The number of aryl methyl sites for hydroxylation is 1. The summed E-state index contributed by atoms with van der Waals surface area (Å²) in [4.78, 5) is 16.6. The van der Waals surface area contributed by atoms with Crippen LogP contribution < -0.4 is 10.6 Å². The highest BCUT2D eigenvalue weighted by molar-refractivity contribution is 5.91. The van der Waals surface area contributed by atoms with Crippen LogP contribution in [0.4, 0.5) is 10.5 Å². The van der Waals surface area contributed by atoms with Gasteiger partial charge in [0.2, 0.25) is 0 Å². The second-order valence-corrected chi connectivity index (χ2v) is 6.94. The van der Waals surface area contributed by atoms with Crippen LogP contribution in [0.25, 0.3) is 11.1 Å². The molecule has 1 aliphatic heterocycles. The Morgan fingerprint density at radius 2 is 2.08 bits per heavy atom. The van der Waals surface area contributed by atoms with Crippen molar-refractivity contribution in [3.63, 3.8) is 0 Å². The molecule has 2 fully saturated rings. The molecule has 5 nitrogen and oxygen atoms in total. The number of amides is 2. The summed E-state index contributed by atoms with van der Waals surface area (Å²) in [7, 11) is 0. The van der Waals surface area contributed by atoms with Gasteiger partial charge in [-0.2, -0.15) is 0 Å². The minimum absolute atomic E-state index is 0.120. The third kappa shape index (κ3) is 3.66. The fourth-order valence-corrected chi connectivity index (χ4v) is 3.45. The first-order chi connectivity index (χ1) is 12.2. The standard InChI is InChI=1S/C20H23N3O2/c1-13-4-5-15(16-3-2-9-21-12-16)11-18(13)23-20(24)22-17-8-10-25-19(17)14-6-7-14/h2-5,9,11-12,14,17,19H,6-8,10H2,1H3,(H2,22,23,24)/t17-,19-/m1/s1. The summed E-state index contributed by atoms with van der Waals surface area (Å²) in [6, 6.07) is 9.94. The molecule has 2 aromatic rings. The molecule has 0 bridgehead atoms. The van der Waals surface area contributed by atoms with E-state index in [4.69, 9.17) is 4.74 Å². The maximum Gasteiger partial charge on any atom is 0.319 e. The van der Waals surface area contributed by atoms with E-state index in [0.717, 1.165) is 35.4 Å². The smallest absolute Gasteiger partial charge is 0.319 e. The predicted octanol–water partition coefficient (Wildman–Crippen LogP) is 3.75. The lowest BCUT2D eigenvalue weighted by atomic mass is 10.0. The SMILES string of the molecule is Cc1ccc(-c2cccnc2)cc1NC(=O)N[C@@H]1CCO[C@@H]1C1CC1. The number of urea groups is 1. The molecule has 2 amide bonds. The van der Waals surface area contributed by atoms with E-state index in [1.54, 1.807) is 6.20 Å². The van der Waals surface area contributed by atoms with Crippen LogP contribution in [0.2, 0.25) is 0 Å². The lowest BCUT2D eigenvalue weighted by molar-refractivity contribution is 0.0829. The molecule has 2 atom stereocenters. The Balaban J connectivity index is 1.45. The highest BCUT2D eigenvalue weighted by Crippen LogP contribution is 2.38. The van der Waals surface area contributed by atoms with Crippen molar-refractivity contribution >= 4 is 11.7 Å². The molecule has 2 heterocycles. The first kappa shape index (κ1) is 16.1. The monoisotopic (exact) mass is 337 g/mol. The van der Waals surface area contributed by atoms with Gasteiger partial charge in [0.15, 0.2) is 0 Å². The third-order valence-corrected chi connectivity index (χ3v) is 5.02. The van der Waals surface area contributed by atoms with Gasteiger partial charge < -0.3 is 15.4 Å². The Bertz CT molecular complexity index is 759. The Morgan fingerprint density at radius 3 is 2.84 bits per heavy atom. The van der Waals surface area contributed by atoms with Gasteiger partial charge in [0.1, 0.15) is 0 Å². The molecular weight excluding hydrogens is 314 g/mol. The van der Waals surface area contributed by atoms with Crippen LogP contribution in [0.1, 0.15) is 24.8 Å². The Kier molecular flexibility index (Phi) is 4.40. The molecule has 1 aromatic carbocycles. The van der Waals surface area contributed by atoms with Crippen molar-refractivity contribution in [3.8, 4) is 11.1 Å². The maximum atomic E-state index is 12.5. The van der Waals surface area contributed by atoms with E-state index >= 15 is 0 Å². The molecule has 0 radical (unpaired) electrons. The number of ether oxygens (including phenoxy) is 1. The van der Waals surface area contributed by atoms with E-state index in [1.165, 1.54) is 12.8 Å². The normalized spacial score (nSPS) is 22.6. The molecule has 5 heteroatoms. The third-order valence-electron chi connectivity index (χ3n) is 5.02. The van der Waals surface area contributed by atoms with E-state index in [-0.39, 0.29) is 18.2 Å². The van der Waals surface area contributed by atoms with Crippen LogP contribution in [0.3, 0.4) is 0 Å². The van der Waals surface area contributed by atoms with Gasteiger partial charge in [-0.05, 0) is 55.4 Å². The molecule has 1 saturated heterocycles. The molecule has 1 aromatic heterocycles. The second kappa shape index (κ2) is 6.84. The summed E-state index contributed by atoms with van der Waals surface area (Å²) >= 11 is 0. The fourth-order valence-electron chi connectivity index (χ4n) is 3.45. The van der Waals surface area contributed by atoms with Crippen LogP contribution >= 0.6 is 0 Å². The molecule has 2 N–H and O–H groups in total. The molecule has 25 heavy (non-hydrogen) atoms. The molecular formula is C20H23N3O2. The van der Waals surface area contributed by atoms with Gasteiger partial charge in [-0.25, -0.2) is 4.79 Å². The summed E-state index contributed by atoms with van der Waals surface area (Å²) in [5, 5.41) is 6.10. The van der Waals surface area contributed by atoms with Crippen LogP contribution in [-0.4, -0.2) is 29.8 Å². The molecule has 0 unspecified atom stereocenters. The second-order valence-electron chi connectivity index (χ2n) is 6.94. The number of hydrogen-bond acceptors (Lipinski definition) is 3. The van der Waals surface area contributed by atoms with Crippen molar-refractivity contribution < 1.29 is 9.53 Å². The minimum atomic E-state index is -0.160. The molecule has 1 saturated carbocycles. The number of nitrogens with one attached hydrogen (secondary N) is 2. The Morgan fingerprint density at radius 1 is 1.20 bits per heavy atom. The summed E-state index contributed by atoms with van der Waals surface area (Å²) in [6.07, 6.45) is 7.10. The summed E-state index contributed by atoms with van der Waals surface area (Å²) in [6.45, 7) is 2.73. The number of benzene rings is 1. The van der Waals surface area contributed by atoms with Crippen LogP contribution in [0.5, 0.6) is 0 Å². The molecule has 0 spiro atoms. The van der Waals surface area contributed by atoms with E-state index in [9.17, 15) is 4.79 Å². The predicted molar refractivity (Wildman–Crippen MR) is 97.4 cm³/mol. The summed E-state index contributed by atoms with van der Waals surface area (Å²) in [5.74, 6) is 0.628. The van der Waals surface area contributed by atoms with E-state index in [0.29, 0.717) is 5.92 Å². The van der Waals surface area contributed by atoms with Gasteiger partial charge >= 0.3 is 6.03 Å². The number of pyridine rings is 1. The first-order valence-corrected chi connectivity index (χ1v) is 8.91. The zero-order valence-electron chi connectivity index (χ0n) is 14.4. The van der Waals surface area contributed by atoms with E-state index in [1.807, 2.05) is 43.5 Å². The molecule has 4 rings (SSSR count). The lowest BCUT2D eigenvalue weighted by Crippen LogP contribution is -2.43. The first-order valence-electron chi connectivity index (χ1n) is 8.91. The maximum absolute atomic E-state index is 12.5. The van der Waals surface area contributed by atoms with Crippen molar-refractivity contribution in [2.45, 2.75) is 38.3 Å². The lowest BCUT2D eigenvalue weighted by Gasteiger charge is -2.20. The van der Waals surface area contributed by atoms with Crippen LogP contribution in [0, 0.1) is 12.8 Å². The number of hydrogen-bond donors (Lipinski definition) is 2. The quantitative estimate of drug-likeness (QED) is 0.893. The Hall–Kier alpha value is -2.40. The number of rotatable bonds is 4. The molecule has 2 aliphatic rings. The number of nitrogens with zero attached hydrogens (tertiary/aromatic N) is 1. The van der Waals surface area contributed by atoms with Gasteiger partial charge in [0.05, 0.1) is 12.1 Å². The fraction of sp³-hybridized carbons (Fsp3) is 0.400. The van der Waals surface area contributed by atoms with Crippen molar-refractivity contribution in [1.29, 1.82) is 0 Å². The number of anilines is 1. The number of carbonyl (C=O) groups is 1. The van der Waals surface area contributed by atoms with Gasteiger partial charge in [0, 0.05) is 30.3 Å². The van der Waals surface area contributed by atoms with E-state index < -0.39 is 0 Å². The molecule has 1 aliphatic carbocycles. The van der Waals surface area contributed by atoms with Gasteiger partial charge in [0.25, 0.3) is 0 Å². The van der Waals surface area contributed by atoms with Gasteiger partial charge in [-0.15, -0.1) is 0 Å². The topological polar surface area (TPSA) is 63.2 Å². The summed E-state index contributed by atoms with van der Waals surface area (Å²) < 4.78 is 5.79. The molecule has 130 valence electrons. The average molecular weight is 337 g/mol. The Labute approximate surface area is 147 Å². The van der Waals surface area contributed by atoms with Gasteiger partial charge in [-0.1, -0.05) is 18.2 Å². The number of carbonyl (C=O) groups excluding carboxylic acids is 1. The zero-order chi connectivity index (χ0) is 17.2. The van der Waals surface area contributed by atoms with Crippen molar-refractivity contribution in [1.82, 2.24) is 10.3 Å². The van der Waals surface area contributed by atoms with Crippen molar-refractivity contribution in [2.75, 3.05) is 11.9 Å². The highest BCUT2D eigenvalue weighted by atomic mass is 16.5. The van der Waals surface area contributed by atoms with Gasteiger partial charge in [-0.3, -0.25) is 4.98 Å².